The normalized spacial score (nSPS) is 8.47. The van der Waals surface area contributed by atoms with Crippen LogP contribution in [0.25, 0.3) is 0 Å². The smallest absolute Gasteiger partial charge is 0.00678 e. The molecule has 0 aromatic heterocycles. The van der Waals surface area contributed by atoms with Crippen LogP contribution in [-0.2, 0) is 32.7 Å². The third-order valence-corrected chi connectivity index (χ3v) is 1.96. The minimum absolute atomic E-state index is 0. The molecule has 0 aliphatic carbocycles. The number of nitrogens with two attached hydrogens (primary N) is 2. The number of benzene rings is 2. The number of anilines is 2. The van der Waals surface area contributed by atoms with Crippen LogP contribution in [-0.4, -0.2) is 0 Å². The van der Waals surface area contributed by atoms with Gasteiger partial charge in [0.25, 0.3) is 0 Å². The van der Waals surface area contributed by atoms with E-state index in [1.807, 2.05) is 48.5 Å². The molecule has 0 atom stereocenters. The first-order chi connectivity index (χ1) is 7.58. The van der Waals surface area contributed by atoms with Crippen molar-refractivity contribution in [1.82, 2.24) is 0 Å². The van der Waals surface area contributed by atoms with Crippen molar-refractivity contribution in [2.45, 2.75) is 0 Å². The van der Waals surface area contributed by atoms with Gasteiger partial charge in [-0.1, -0.05) is 24.3 Å². The summed E-state index contributed by atoms with van der Waals surface area (Å²) in [5.74, 6) is 0. The van der Waals surface area contributed by atoms with Gasteiger partial charge in [0.1, 0.15) is 0 Å². The van der Waals surface area contributed by atoms with Crippen LogP contribution in [0, 0.1) is 13.8 Å². The van der Waals surface area contributed by atoms with E-state index < -0.39 is 0 Å². The van der Waals surface area contributed by atoms with Gasteiger partial charge in [-0.3, -0.25) is 0 Å². The van der Waals surface area contributed by atoms with Crippen LogP contribution in [0.1, 0.15) is 11.1 Å². The van der Waals surface area contributed by atoms with E-state index in [0.29, 0.717) is 0 Å². The molecule has 2 aromatic rings. The van der Waals surface area contributed by atoms with Crippen molar-refractivity contribution in [3.8, 4) is 0 Å². The van der Waals surface area contributed by atoms with E-state index in [0.717, 1.165) is 22.5 Å². The Morgan fingerprint density at radius 3 is 1.00 bits per heavy atom. The second-order valence-electron chi connectivity index (χ2n) is 3.48. The molecule has 0 unspecified atom stereocenters. The molecule has 2 rings (SSSR count). The second-order valence-corrected chi connectivity index (χ2v) is 3.48. The molecular formula is C14H16N2Y-2. The van der Waals surface area contributed by atoms with Crippen molar-refractivity contribution in [1.29, 1.82) is 0 Å². The van der Waals surface area contributed by atoms with Crippen LogP contribution in [0.2, 0.25) is 0 Å². The zero-order chi connectivity index (χ0) is 12.0. The van der Waals surface area contributed by atoms with E-state index in [9.17, 15) is 0 Å². The van der Waals surface area contributed by atoms with Crippen LogP contribution < -0.4 is 11.5 Å². The third-order valence-electron chi connectivity index (χ3n) is 1.96. The van der Waals surface area contributed by atoms with Crippen molar-refractivity contribution in [3.63, 3.8) is 0 Å². The molecule has 2 aromatic carbocycles. The van der Waals surface area contributed by atoms with E-state index in [-0.39, 0.29) is 32.7 Å². The molecule has 1 radical (unpaired) electrons. The summed E-state index contributed by atoms with van der Waals surface area (Å²) < 4.78 is 0. The van der Waals surface area contributed by atoms with E-state index >= 15 is 0 Å². The Hall–Kier alpha value is -1.12. The average molecular weight is 301 g/mol. The molecule has 2 nitrogen and oxygen atoms in total. The largest absolute Gasteiger partial charge is 0.400 e. The molecule has 0 heterocycles. The number of hydrogen-bond donors (Lipinski definition) is 2. The molecule has 0 fully saturated rings. The maximum absolute atomic E-state index is 5.40. The summed E-state index contributed by atoms with van der Waals surface area (Å²) in [4.78, 5) is 0. The zero-order valence-corrected chi connectivity index (χ0v) is 12.6. The molecule has 87 valence electrons. The molecule has 0 bridgehead atoms. The van der Waals surface area contributed by atoms with E-state index in [1.165, 1.54) is 0 Å². The van der Waals surface area contributed by atoms with Gasteiger partial charge in [0.15, 0.2) is 0 Å². The summed E-state index contributed by atoms with van der Waals surface area (Å²) in [6, 6.07) is 14.9. The maximum Gasteiger partial charge on any atom is 0.00678 e. The van der Waals surface area contributed by atoms with Crippen molar-refractivity contribution >= 4 is 11.4 Å². The van der Waals surface area contributed by atoms with Crippen LogP contribution in [0.4, 0.5) is 11.4 Å². The van der Waals surface area contributed by atoms with Gasteiger partial charge >= 0.3 is 0 Å². The fraction of sp³-hybridized carbons (Fsp3) is 0. The first-order valence-electron chi connectivity index (χ1n) is 4.93. The quantitative estimate of drug-likeness (QED) is 0.580. The minimum Gasteiger partial charge on any atom is -0.400 e. The molecule has 3 heteroatoms. The molecule has 4 N–H and O–H groups in total. The SMILES string of the molecule is [CH2-]c1ccc(N)cc1.[CH2-]c1ccc(N)cc1.[Y]. The van der Waals surface area contributed by atoms with Crippen LogP contribution in [0.5, 0.6) is 0 Å². The number of nitrogen functional groups attached to an aromatic ring is 2. The first-order valence-corrected chi connectivity index (χ1v) is 4.93. The second kappa shape index (κ2) is 8.05. The summed E-state index contributed by atoms with van der Waals surface area (Å²) >= 11 is 0. The molecule has 0 aliphatic rings. The maximum atomic E-state index is 5.40. The van der Waals surface area contributed by atoms with Gasteiger partial charge in [0.05, 0.1) is 0 Å². The summed E-state index contributed by atoms with van der Waals surface area (Å²) in [7, 11) is 0. The Bertz CT molecular complexity index is 335. The number of hydrogen-bond acceptors (Lipinski definition) is 2. The van der Waals surface area contributed by atoms with Crippen LogP contribution in [0.15, 0.2) is 48.5 Å². The molecular weight excluding hydrogens is 285 g/mol. The molecule has 0 saturated carbocycles. The predicted octanol–water partition coefficient (Wildman–Crippen LogP) is 2.90. The van der Waals surface area contributed by atoms with Crippen molar-refractivity contribution in [2.24, 2.45) is 0 Å². The van der Waals surface area contributed by atoms with Crippen molar-refractivity contribution < 1.29 is 32.7 Å². The van der Waals surface area contributed by atoms with Gasteiger partial charge in [-0.25, -0.2) is 0 Å². The van der Waals surface area contributed by atoms with Crippen LogP contribution in [0.3, 0.4) is 0 Å². The molecule has 0 aliphatic heterocycles. The topological polar surface area (TPSA) is 52.0 Å². The predicted molar refractivity (Wildman–Crippen MR) is 70.6 cm³/mol. The Labute approximate surface area is 128 Å². The Kier molecular flexibility index (Phi) is 7.52. The first kappa shape index (κ1) is 15.9. The average Bonchev–Trinajstić information content (AvgIpc) is 2.28. The molecule has 17 heavy (non-hydrogen) atoms. The Morgan fingerprint density at radius 2 is 0.824 bits per heavy atom. The summed E-state index contributed by atoms with van der Waals surface area (Å²) in [6.07, 6.45) is 0. The Morgan fingerprint density at radius 1 is 0.588 bits per heavy atom. The van der Waals surface area contributed by atoms with Gasteiger partial charge < -0.3 is 11.5 Å². The third kappa shape index (κ3) is 6.93. The molecule has 0 saturated heterocycles. The van der Waals surface area contributed by atoms with Crippen molar-refractivity contribution in [2.75, 3.05) is 11.5 Å². The monoisotopic (exact) mass is 301 g/mol. The van der Waals surface area contributed by atoms with Gasteiger partial charge in [0, 0.05) is 44.1 Å². The molecule has 0 amide bonds. The van der Waals surface area contributed by atoms with Gasteiger partial charge in [-0.2, -0.15) is 49.2 Å². The standard InChI is InChI=1S/2C7H8N.Y/c2*1-6-2-4-7(8)5-3-6;/h2*2-5H,1,8H2;/q2*-1;. The summed E-state index contributed by atoms with van der Waals surface area (Å²) in [5.41, 5.74) is 14.4. The van der Waals surface area contributed by atoms with E-state index in [4.69, 9.17) is 11.5 Å². The fourth-order valence-corrected chi connectivity index (χ4v) is 1.04. The van der Waals surface area contributed by atoms with Crippen LogP contribution >= 0.6 is 0 Å². The zero-order valence-electron chi connectivity index (χ0n) is 9.77. The van der Waals surface area contributed by atoms with Gasteiger partial charge in [0.2, 0.25) is 0 Å². The van der Waals surface area contributed by atoms with Crippen molar-refractivity contribution in [3.05, 3.63) is 73.5 Å². The van der Waals surface area contributed by atoms with E-state index in [1.54, 1.807) is 0 Å². The van der Waals surface area contributed by atoms with Gasteiger partial charge in [-0.05, 0) is 0 Å². The Balaban J connectivity index is 0.000000284. The molecule has 0 spiro atoms. The summed E-state index contributed by atoms with van der Waals surface area (Å²) in [6.45, 7) is 7.41. The minimum atomic E-state index is 0. The van der Waals surface area contributed by atoms with Gasteiger partial charge in [-0.15, -0.1) is 0 Å². The summed E-state index contributed by atoms with van der Waals surface area (Å²) in [5, 5.41) is 0. The fourth-order valence-electron chi connectivity index (χ4n) is 1.04. The number of rotatable bonds is 0. The van der Waals surface area contributed by atoms with E-state index in [2.05, 4.69) is 13.8 Å².